The summed E-state index contributed by atoms with van der Waals surface area (Å²) in [5, 5.41) is 14.2. The third-order valence-corrected chi connectivity index (χ3v) is 4.35. The van der Waals surface area contributed by atoms with E-state index in [1.54, 1.807) is 25.1 Å². The van der Waals surface area contributed by atoms with Crippen molar-refractivity contribution in [1.29, 1.82) is 0 Å². The molecule has 2 aromatic carbocycles. The van der Waals surface area contributed by atoms with Crippen LogP contribution < -0.4 is 15.0 Å². The van der Waals surface area contributed by atoms with Gasteiger partial charge >= 0.3 is 0 Å². The number of non-ortho nitro benzene ring substituents is 1. The van der Waals surface area contributed by atoms with Gasteiger partial charge in [-0.1, -0.05) is 17.7 Å². The first-order valence-corrected chi connectivity index (χ1v) is 8.01. The summed E-state index contributed by atoms with van der Waals surface area (Å²) >= 11 is 6.03. The number of rotatable bonds is 4. The SMILES string of the molecule is Cc1c(Cl)cccc1NC(=O)CN1C(=O)COc2ccc([N+](=O)[O-])cc21. The number of ether oxygens (including phenoxy) is 1. The number of halogens is 1. The molecule has 0 spiro atoms. The lowest BCUT2D eigenvalue weighted by molar-refractivity contribution is -0.384. The lowest BCUT2D eigenvalue weighted by Gasteiger charge is -2.28. The van der Waals surface area contributed by atoms with Crippen molar-refractivity contribution >= 4 is 40.5 Å². The van der Waals surface area contributed by atoms with Crippen molar-refractivity contribution in [3.05, 3.63) is 57.1 Å². The predicted molar refractivity (Wildman–Crippen MR) is 95.8 cm³/mol. The highest BCUT2D eigenvalue weighted by Crippen LogP contribution is 2.35. The van der Waals surface area contributed by atoms with Crippen LogP contribution in [0.4, 0.5) is 17.1 Å². The van der Waals surface area contributed by atoms with Gasteiger partial charge in [-0.2, -0.15) is 0 Å². The molecule has 8 nitrogen and oxygen atoms in total. The molecule has 2 amide bonds. The van der Waals surface area contributed by atoms with Gasteiger partial charge < -0.3 is 10.1 Å². The van der Waals surface area contributed by atoms with Crippen LogP contribution in [-0.4, -0.2) is 29.9 Å². The lowest BCUT2D eigenvalue weighted by atomic mass is 10.2. The van der Waals surface area contributed by atoms with Crippen molar-refractivity contribution in [2.75, 3.05) is 23.4 Å². The van der Waals surface area contributed by atoms with Gasteiger partial charge in [-0.25, -0.2) is 0 Å². The number of anilines is 2. The maximum atomic E-state index is 12.4. The number of nitrogens with one attached hydrogen (secondary N) is 1. The fourth-order valence-corrected chi connectivity index (χ4v) is 2.73. The average Bonchev–Trinajstić information content (AvgIpc) is 2.61. The third kappa shape index (κ3) is 3.45. The molecule has 1 aliphatic heterocycles. The van der Waals surface area contributed by atoms with Crippen LogP contribution in [0.2, 0.25) is 5.02 Å². The summed E-state index contributed by atoms with van der Waals surface area (Å²) in [6.07, 6.45) is 0. The second kappa shape index (κ2) is 7.01. The summed E-state index contributed by atoms with van der Waals surface area (Å²) in [6.45, 7) is 1.22. The Morgan fingerprint density at radius 3 is 2.88 bits per heavy atom. The number of nitro groups is 1. The van der Waals surface area contributed by atoms with E-state index in [-0.39, 0.29) is 24.5 Å². The van der Waals surface area contributed by atoms with E-state index in [0.29, 0.717) is 22.0 Å². The number of benzene rings is 2. The first-order chi connectivity index (χ1) is 12.4. The Balaban J connectivity index is 1.84. The van der Waals surface area contributed by atoms with E-state index in [9.17, 15) is 19.7 Å². The topological polar surface area (TPSA) is 102 Å². The molecule has 0 bridgehead atoms. The van der Waals surface area contributed by atoms with E-state index in [2.05, 4.69) is 5.32 Å². The fraction of sp³-hybridized carbons (Fsp3) is 0.176. The zero-order valence-electron chi connectivity index (χ0n) is 13.7. The minimum atomic E-state index is -0.576. The molecule has 0 aliphatic carbocycles. The number of hydrogen-bond acceptors (Lipinski definition) is 5. The van der Waals surface area contributed by atoms with Crippen LogP contribution in [0.15, 0.2) is 36.4 Å². The van der Waals surface area contributed by atoms with E-state index in [4.69, 9.17) is 16.3 Å². The maximum absolute atomic E-state index is 12.4. The van der Waals surface area contributed by atoms with Gasteiger partial charge in [0.15, 0.2) is 6.61 Å². The number of fused-ring (bicyclic) bond motifs is 1. The molecule has 1 heterocycles. The third-order valence-electron chi connectivity index (χ3n) is 3.94. The quantitative estimate of drug-likeness (QED) is 0.654. The Kier molecular flexibility index (Phi) is 4.77. The summed E-state index contributed by atoms with van der Waals surface area (Å²) in [7, 11) is 0. The van der Waals surface area contributed by atoms with Crippen LogP contribution in [0, 0.1) is 17.0 Å². The Bertz CT molecular complexity index is 915. The van der Waals surface area contributed by atoms with Crippen molar-refractivity contribution < 1.29 is 19.2 Å². The molecule has 0 aromatic heterocycles. The Hall–Kier alpha value is -3.13. The summed E-state index contributed by atoms with van der Waals surface area (Å²) in [4.78, 5) is 36.1. The van der Waals surface area contributed by atoms with Gasteiger partial charge in [0.25, 0.3) is 11.6 Å². The highest BCUT2D eigenvalue weighted by Gasteiger charge is 2.29. The number of amides is 2. The van der Waals surface area contributed by atoms with Crippen molar-refractivity contribution in [2.45, 2.75) is 6.92 Å². The van der Waals surface area contributed by atoms with Gasteiger partial charge in [0.05, 0.1) is 10.6 Å². The Morgan fingerprint density at radius 1 is 1.38 bits per heavy atom. The molecule has 0 radical (unpaired) electrons. The first-order valence-electron chi connectivity index (χ1n) is 7.63. The second-order valence-electron chi connectivity index (χ2n) is 5.64. The molecule has 0 unspecified atom stereocenters. The smallest absolute Gasteiger partial charge is 0.271 e. The summed E-state index contributed by atoms with van der Waals surface area (Å²) in [5.41, 5.74) is 1.22. The van der Waals surface area contributed by atoms with Crippen LogP contribution >= 0.6 is 11.6 Å². The monoisotopic (exact) mass is 375 g/mol. The molecule has 2 aromatic rings. The van der Waals surface area contributed by atoms with Crippen molar-refractivity contribution in [2.24, 2.45) is 0 Å². The van der Waals surface area contributed by atoms with Crippen molar-refractivity contribution in [3.63, 3.8) is 0 Å². The summed E-state index contributed by atoms with van der Waals surface area (Å²) in [5.74, 6) is -0.610. The molecule has 0 atom stereocenters. The van der Waals surface area contributed by atoms with Crippen molar-refractivity contribution in [3.8, 4) is 5.75 Å². The average molecular weight is 376 g/mol. The maximum Gasteiger partial charge on any atom is 0.271 e. The number of nitro benzene ring substituents is 1. The van der Waals surface area contributed by atoms with Gasteiger partial charge in [0.1, 0.15) is 12.3 Å². The van der Waals surface area contributed by atoms with Crippen molar-refractivity contribution in [1.82, 2.24) is 0 Å². The molecule has 9 heteroatoms. The van der Waals surface area contributed by atoms with Gasteiger partial charge in [-0.05, 0) is 30.7 Å². The molecule has 0 saturated carbocycles. The highest BCUT2D eigenvalue weighted by atomic mass is 35.5. The van der Waals surface area contributed by atoms with E-state index in [0.717, 1.165) is 0 Å². The normalized spacial score (nSPS) is 13.0. The summed E-state index contributed by atoms with van der Waals surface area (Å²) in [6, 6.07) is 8.99. The molecule has 0 fully saturated rings. The second-order valence-corrected chi connectivity index (χ2v) is 6.05. The number of carbonyl (C=O) groups is 2. The minimum absolute atomic E-state index is 0.188. The fourth-order valence-electron chi connectivity index (χ4n) is 2.55. The molecule has 26 heavy (non-hydrogen) atoms. The number of hydrogen-bond donors (Lipinski definition) is 1. The van der Waals surface area contributed by atoms with Gasteiger partial charge in [0.2, 0.25) is 5.91 Å². The zero-order valence-corrected chi connectivity index (χ0v) is 14.4. The van der Waals surface area contributed by atoms with Crippen LogP contribution in [0.25, 0.3) is 0 Å². The number of carbonyl (C=O) groups excluding carboxylic acids is 2. The van der Waals surface area contributed by atoms with Crippen LogP contribution in [0.3, 0.4) is 0 Å². The van der Waals surface area contributed by atoms with Crippen LogP contribution in [0.5, 0.6) is 5.75 Å². The van der Waals surface area contributed by atoms with E-state index >= 15 is 0 Å². The van der Waals surface area contributed by atoms with Gasteiger partial charge in [-0.15, -0.1) is 0 Å². The molecule has 3 rings (SSSR count). The van der Waals surface area contributed by atoms with Crippen LogP contribution in [-0.2, 0) is 9.59 Å². The zero-order chi connectivity index (χ0) is 18.8. The number of nitrogens with zero attached hydrogens (tertiary/aromatic N) is 2. The highest BCUT2D eigenvalue weighted by molar-refractivity contribution is 6.31. The first kappa shape index (κ1) is 17.7. The Labute approximate surface area is 153 Å². The van der Waals surface area contributed by atoms with E-state index in [1.807, 2.05) is 0 Å². The van der Waals surface area contributed by atoms with E-state index in [1.165, 1.54) is 23.1 Å². The van der Waals surface area contributed by atoms with Crippen LogP contribution in [0.1, 0.15) is 5.56 Å². The minimum Gasteiger partial charge on any atom is -0.482 e. The van der Waals surface area contributed by atoms with E-state index < -0.39 is 16.7 Å². The van der Waals surface area contributed by atoms with Gasteiger partial charge in [0, 0.05) is 22.8 Å². The Morgan fingerprint density at radius 2 is 2.15 bits per heavy atom. The molecular formula is C17H14ClN3O5. The molecular weight excluding hydrogens is 362 g/mol. The summed E-state index contributed by atoms with van der Waals surface area (Å²) < 4.78 is 5.27. The molecule has 134 valence electrons. The molecule has 1 N–H and O–H groups in total. The standard InChI is InChI=1S/C17H14ClN3O5/c1-10-12(18)3-2-4-13(10)19-16(22)8-20-14-7-11(21(24)25)5-6-15(14)26-9-17(20)23/h2-7H,8-9H2,1H3,(H,19,22). The molecule has 0 saturated heterocycles. The largest absolute Gasteiger partial charge is 0.482 e. The predicted octanol–water partition coefficient (Wildman–Crippen LogP) is 2.92. The van der Waals surface area contributed by atoms with Gasteiger partial charge in [-0.3, -0.25) is 24.6 Å². The lowest BCUT2D eigenvalue weighted by Crippen LogP contribution is -2.43. The molecule has 1 aliphatic rings.